The normalized spacial score (nSPS) is 20.0. The Bertz CT molecular complexity index is 821. The molecule has 0 radical (unpaired) electrons. The van der Waals surface area contributed by atoms with Gasteiger partial charge < -0.3 is 15.2 Å². The first-order valence-electron chi connectivity index (χ1n) is 10.3. The minimum Gasteiger partial charge on any atom is -0.481 e. The zero-order valence-electron chi connectivity index (χ0n) is 16.8. The fourth-order valence-corrected chi connectivity index (χ4v) is 3.98. The first kappa shape index (κ1) is 21.1. The number of ether oxygens (including phenoxy) is 1. The monoisotopic (exact) mass is 395 g/mol. The van der Waals surface area contributed by atoms with Crippen molar-refractivity contribution >= 4 is 11.9 Å². The quantitative estimate of drug-likeness (QED) is 0.712. The summed E-state index contributed by atoms with van der Waals surface area (Å²) >= 11 is 0. The first-order valence-corrected chi connectivity index (χ1v) is 10.3. The van der Waals surface area contributed by atoms with E-state index >= 15 is 0 Å². The molecular formula is C24H29NO4. The Morgan fingerprint density at radius 1 is 1.14 bits per heavy atom. The van der Waals surface area contributed by atoms with Crippen LogP contribution in [-0.2, 0) is 20.7 Å². The van der Waals surface area contributed by atoms with E-state index in [9.17, 15) is 9.59 Å². The van der Waals surface area contributed by atoms with E-state index in [-0.39, 0.29) is 30.4 Å². The van der Waals surface area contributed by atoms with Gasteiger partial charge in [-0.2, -0.15) is 0 Å². The van der Waals surface area contributed by atoms with Crippen molar-refractivity contribution in [2.45, 2.75) is 57.1 Å². The minimum absolute atomic E-state index is 0.00533. The van der Waals surface area contributed by atoms with Crippen LogP contribution in [0.25, 0.3) is 0 Å². The molecule has 5 heteroatoms. The summed E-state index contributed by atoms with van der Waals surface area (Å²) in [5, 5.41) is 12.2. The molecule has 3 rings (SSSR count). The second-order valence-electron chi connectivity index (χ2n) is 7.75. The Morgan fingerprint density at radius 2 is 1.86 bits per heavy atom. The molecule has 2 N–H and O–H groups in total. The van der Waals surface area contributed by atoms with Crippen molar-refractivity contribution in [3.05, 3.63) is 71.3 Å². The number of hydrogen-bond acceptors (Lipinski definition) is 3. The van der Waals surface area contributed by atoms with Crippen molar-refractivity contribution in [1.82, 2.24) is 5.32 Å². The number of carboxylic acid groups (broad SMARTS) is 1. The molecule has 1 amide bonds. The smallest absolute Gasteiger partial charge is 0.305 e. The van der Waals surface area contributed by atoms with Crippen LogP contribution in [0.5, 0.6) is 0 Å². The van der Waals surface area contributed by atoms with Crippen LogP contribution in [0.15, 0.2) is 54.6 Å². The molecule has 0 bridgehead atoms. The van der Waals surface area contributed by atoms with Crippen molar-refractivity contribution in [3.8, 4) is 0 Å². The number of hydrogen-bond donors (Lipinski definition) is 2. The lowest BCUT2D eigenvalue weighted by Gasteiger charge is -2.30. The molecule has 2 aromatic carbocycles. The summed E-state index contributed by atoms with van der Waals surface area (Å²) < 4.78 is 5.53. The Kier molecular flexibility index (Phi) is 7.42. The summed E-state index contributed by atoms with van der Waals surface area (Å²) in [6, 6.07) is 18.1. The summed E-state index contributed by atoms with van der Waals surface area (Å²) in [4.78, 5) is 24.1. The van der Waals surface area contributed by atoms with E-state index in [1.165, 1.54) is 11.1 Å². The van der Waals surface area contributed by atoms with Crippen LogP contribution in [0.4, 0.5) is 0 Å². The van der Waals surface area contributed by atoms with Crippen LogP contribution in [0.1, 0.15) is 48.3 Å². The van der Waals surface area contributed by atoms with Gasteiger partial charge >= 0.3 is 5.97 Å². The third-order valence-electron chi connectivity index (χ3n) is 5.60. The molecule has 3 atom stereocenters. The van der Waals surface area contributed by atoms with Gasteiger partial charge in [-0.05, 0) is 49.3 Å². The maximum Gasteiger partial charge on any atom is 0.305 e. The van der Waals surface area contributed by atoms with E-state index in [4.69, 9.17) is 9.84 Å². The number of benzene rings is 2. The number of rotatable bonds is 8. The zero-order valence-corrected chi connectivity index (χ0v) is 16.8. The molecule has 1 saturated heterocycles. The van der Waals surface area contributed by atoms with E-state index < -0.39 is 5.97 Å². The Hall–Kier alpha value is -2.66. The molecule has 1 aliphatic heterocycles. The minimum atomic E-state index is -0.873. The number of aliphatic carboxylic acids is 1. The average molecular weight is 395 g/mol. The van der Waals surface area contributed by atoms with Gasteiger partial charge in [-0.15, -0.1) is 0 Å². The second kappa shape index (κ2) is 10.2. The van der Waals surface area contributed by atoms with Crippen LogP contribution in [0, 0.1) is 6.92 Å². The molecule has 2 aromatic rings. The van der Waals surface area contributed by atoms with E-state index in [1.54, 1.807) is 0 Å². The third kappa shape index (κ3) is 6.16. The van der Waals surface area contributed by atoms with E-state index in [1.807, 2.05) is 42.5 Å². The van der Waals surface area contributed by atoms with Crippen molar-refractivity contribution < 1.29 is 19.4 Å². The molecule has 1 heterocycles. The molecule has 5 nitrogen and oxygen atoms in total. The standard InChI is InChI=1S/C24H29NO4/c1-17-7-5-6-8-18(17)11-12-22(19-9-3-2-4-10-19)24(28)25-20-13-14-29-21(15-20)16-23(26)27/h2-10,20-22H,11-16H2,1H3,(H,25,28)(H,26,27). The largest absolute Gasteiger partial charge is 0.481 e. The molecule has 1 fully saturated rings. The van der Waals surface area contributed by atoms with Crippen molar-refractivity contribution in [2.75, 3.05) is 6.61 Å². The molecule has 1 aliphatic rings. The molecule has 0 saturated carbocycles. The van der Waals surface area contributed by atoms with Gasteiger partial charge in [0, 0.05) is 12.6 Å². The van der Waals surface area contributed by atoms with Gasteiger partial charge in [-0.25, -0.2) is 0 Å². The number of nitrogens with one attached hydrogen (secondary N) is 1. The van der Waals surface area contributed by atoms with Crippen molar-refractivity contribution in [2.24, 2.45) is 0 Å². The van der Waals surface area contributed by atoms with Crippen LogP contribution < -0.4 is 5.32 Å². The van der Waals surface area contributed by atoms with Crippen LogP contribution in [0.2, 0.25) is 0 Å². The highest BCUT2D eigenvalue weighted by atomic mass is 16.5. The molecule has 3 unspecified atom stereocenters. The number of carboxylic acids is 1. The van der Waals surface area contributed by atoms with E-state index in [0.29, 0.717) is 19.4 Å². The number of carbonyl (C=O) groups excluding carboxylic acids is 1. The third-order valence-corrected chi connectivity index (χ3v) is 5.60. The predicted molar refractivity (Wildman–Crippen MR) is 112 cm³/mol. The first-order chi connectivity index (χ1) is 14.0. The van der Waals surface area contributed by atoms with Gasteiger partial charge in [-0.3, -0.25) is 9.59 Å². The average Bonchev–Trinajstić information content (AvgIpc) is 2.70. The van der Waals surface area contributed by atoms with E-state index in [0.717, 1.165) is 18.4 Å². The fourth-order valence-electron chi connectivity index (χ4n) is 3.98. The summed E-state index contributed by atoms with van der Waals surface area (Å²) in [6.45, 7) is 2.57. The summed E-state index contributed by atoms with van der Waals surface area (Å²) in [5.41, 5.74) is 3.50. The Balaban J connectivity index is 1.68. The van der Waals surface area contributed by atoms with Gasteiger partial charge in [0.15, 0.2) is 0 Å². The van der Waals surface area contributed by atoms with Gasteiger partial charge in [0.05, 0.1) is 18.4 Å². The van der Waals surface area contributed by atoms with Crippen LogP contribution in [-0.4, -0.2) is 35.7 Å². The predicted octanol–water partition coefficient (Wildman–Crippen LogP) is 3.85. The van der Waals surface area contributed by atoms with Gasteiger partial charge in [0.2, 0.25) is 5.91 Å². The fraction of sp³-hybridized carbons (Fsp3) is 0.417. The molecule has 0 aromatic heterocycles. The summed E-state index contributed by atoms with van der Waals surface area (Å²) in [5.74, 6) is -1.11. The second-order valence-corrected chi connectivity index (χ2v) is 7.75. The summed E-state index contributed by atoms with van der Waals surface area (Å²) in [6.07, 6.45) is 2.44. The molecule has 0 aliphatic carbocycles. The lowest BCUT2D eigenvalue weighted by Crippen LogP contribution is -2.44. The summed E-state index contributed by atoms with van der Waals surface area (Å²) in [7, 11) is 0. The number of amides is 1. The Labute approximate surface area is 172 Å². The number of carbonyl (C=O) groups is 2. The van der Waals surface area contributed by atoms with Gasteiger partial charge in [-0.1, -0.05) is 54.6 Å². The number of aryl methyl sites for hydroxylation is 2. The SMILES string of the molecule is Cc1ccccc1CCC(C(=O)NC1CCOC(CC(=O)O)C1)c1ccccc1. The molecule has 154 valence electrons. The molecule has 0 spiro atoms. The molecular weight excluding hydrogens is 366 g/mol. The maximum absolute atomic E-state index is 13.2. The van der Waals surface area contributed by atoms with E-state index in [2.05, 4.69) is 24.4 Å². The van der Waals surface area contributed by atoms with Crippen LogP contribution >= 0.6 is 0 Å². The zero-order chi connectivity index (χ0) is 20.6. The highest BCUT2D eigenvalue weighted by Gasteiger charge is 2.28. The van der Waals surface area contributed by atoms with Crippen molar-refractivity contribution in [3.63, 3.8) is 0 Å². The van der Waals surface area contributed by atoms with Crippen molar-refractivity contribution in [1.29, 1.82) is 0 Å². The highest BCUT2D eigenvalue weighted by molar-refractivity contribution is 5.84. The van der Waals surface area contributed by atoms with Gasteiger partial charge in [0.1, 0.15) is 0 Å². The lowest BCUT2D eigenvalue weighted by atomic mass is 9.90. The maximum atomic E-state index is 13.2. The van der Waals surface area contributed by atoms with Crippen LogP contribution in [0.3, 0.4) is 0 Å². The topological polar surface area (TPSA) is 75.6 Å². The highest BCUT2D eigenvalue weighted by Crippen LogP contribution is 2.25. The lowest BCUT2D eigenvalue weighted by molar-refractivity contribution is -0.141. The van der Waals surface area contributed by atoms with Gasteiger partial charge in [0.25, 0.3) is 0 Å². The Morgan fingerprint density at radius 3 is 2.59 bits per heavy atom. The molecule has 29 heavy (non-hydrogen) atoms.